The Morgan fingerprint density at radius 2 is 1.71 bits per heavy atom. The molecular weight excluding hydrogens is 523 g/mol. The molecule has 0 unspecified atom stereocenters. The summed E-state index contributed by atoms with van der Waals surface area (Å²) in [6, 6.07) is 7.72. The Balaban J connectivity index is 2.06. The molecule has 1 N–H and O–H groups in total. The first-order valence-corrected chi connectivity index (χ1v) is 14.0. The van der Waals surface area contributed by atoms with Gasteiger partial charge in [-0.25, -0.2) is 13.1 Å². The van der Waals surface area contributed by atoms with Crippen LogP contribution in [0.2, 0.25) is 0 Å². The maximum absolute atomic E-state index is 12.7. The lowest BCUT2D eigenvalue weighted by molar-refractivity contribution is -0.171. The highest BCUT2D eigenvalue weighted by Gasteiger charge is 2.41. The van der Waals surface area contributed by atoms with Crippen LogP contribution < -0.4 is 9.62 Å². The maximum Gasteiger partial charge on any atom is 0.472 e. The number of nitrogens with one attached hydrogen (secondary N) is 1. The summed E-state index contributed by atoms with van der Waals surface area (Å²) in [5, 5.41) is 0. The molecule has 2 rings (SSSR count). The van der Waals surface area contributed by atoms with Crippen molar-refractivity contribution >= 4 is 61.9 Å². The lowest BCUT2D eigenvalue weighted by Crippen LogP contribution is -2.44. The highest BCUT2D eigenvalue weighted by molar-refractivity contribution is 8.26. The Hall–Kier alpha value is -2.12. The molecule has 0 saturated carbocycles. The number of unbranched alkanes of at least 4 members (excludes halogenated alkanes) is 2. The zero-order valence-corrected chi connectivity index (χ0v) is 21.9. The Morgan fingerprint density at radius 3 is 2.23 bits per heavy atom. The van der Waals surface area contributed by atoms with Crippen molar-refractivity contribution in [3.05, 3.63) is 34.7 Å². The third kappa shape index (κ3) is 8.80. The second-order valence-electron chi connectivity index (χ2n) is 7.87. The normalized spacial score (nSPS) is 15.7. The number of carbonyl (C=O) groups excluding carboxylic acids is 2. The molecule has 194 valence electrons. The van der Waals surface area contributed by atoms with Gasteiger partial charge in [-0.2, -0.15) is 13.2 Å². The lowest BCUT2D eigenvalue weighted by Gasteiger charge is -2.24. The predicted molar refractivity (Wildman–Crippen MR) is 136 cm³/mol. The summed E-state index contributed by atoms with van der Waals surface area (Å²) in [5.74, 6) is -4.04. The molecule has 0 bridgehead atoms. The molecule has 0 spiro atoms. The molecule has 1 aliphatic rings. The Labute approximate surface area is 213 Å². The number of nitrogens with zero attached hydrogens (tertiary/aromatic N) is 2. The fourth-order valence-electron chi connectivity index (χ4n) is 3.16. The summed E-state index contributed by atoms with van der Waals surface area (Å²) in [6.45, 7) is 5.73. The standard InChI is InChI=1S/C22H28F3N3O4S3/c1-3-5-11-27(12-6-4-2)17-9-7-16(8-10-17)15-18-19(29)28(21(33)34-18)13-14-35(31,32)26-20(30)22(23,24)25/h7-10,15H,3-6,11-14H2,1-2H3,(H,26,30). The third-order valence-corrected chi connectivity index (χ3v) is 7.68. The zero-order valence-electron chi connectivity index (χ0n) is 19.4. The summed E-state index contributed by atoms with van der Waals surface area (Å²) in [7, 11) is -4.61. The van der Waals surface area contributed by atoms with Crippen molar-refractivity contribution in [1.82, 2.24) is 9.62 Å². The molecule has 1 heterocycles. The number of amides is 2. The molecule has 0 aromatic heterocycles. The van der Waals surface area contributed by atoms with Crippen molar-refractivity contribution in [3.63, 3.8) is 0 Å². The molecule has 13 heteroatoms. The number of anilines is 1. The molecule has 7 nitrogen and oxygen atoms in total. The van der Waals surface area contributed by atoms with Crippen molar-refractivity contribution in [2.24, 2.45) is 0 Å². The van der Waals surface area contributed by atoms with Crippen LogP contribution in [0.5, 0.6) is 0 Å². The first-order valence-electron chi connectivity index (χ1n) is 11.1. The molecule has 1 aromatic rings. The molecule has 1 saturated heterocycles. The fourth-order valence-corrected chi connectivity index (χ4v) is 5.39. The number of benzene rings is 1. The molecule has 0 aliphatic carbocycles. The van der Waals surface area contributed by atoms with E-state index in [1.54, 1.807) is 6.08 Å². The number of thioether (sulfide) groups is 1. The van der Waals surface area contributed by atoms with E-state index in [0.29, 0.717) is 0 Å². The SMILES string of the molecule is CCCCN(CCCC)c1ccc(C=C2SC(=S)N(CCS(=O)(=O)NC(=O)C(F)(F)F)C2=O)cc1. The fraction of sp³-hybridized carbons (Fsp3) is 0.500. The van der Waals surface area contributed by atoms with Crippen molar-refractivity contribution < 1.29 is 31.2 Å². The zero-order chi connectivity index (χ0) is 26.2. The van der Waals surface area contributed by atoms with E-state index < -0.39 is 40.3 Å². The van der Waals surface area contributed by atoms with Gasteiger partial charge < -0.3 is 4.90 Å². The lowest BCUT2D eigenvalue weighted by atomic mass is 10.1. The van der Waals surface area contributed by atoms with E-state index in [0.717, 1.165) is 71.4 Å². The van der Waals surface area contributed by atoms with Gasteiger partial charge in [0.05, 0.1) is 10.7 Å². The predicted octanol–water partition coefficient (Wildman–Crippen LogP) is 4.30. The number of thiocarbonyl (C=S) groups is 1. The van der Waals surface area contributed by atoms with Gasteiger partial charge >= 0.3 is 12.1 Å². The smallest absolute Gasteiger partial charge is 0.372 e. The van der Waals surface area contributed by atoms with E-state index in [9.17, 15) is 31.2 Å². The average molecular weight is 552 g/mol. The second-order valence-corrected chi connectivity index (χ2v) is 11.4. The van der Waals surface area contributed by atoms with Crippen LogP contribution in [0.4, 0.5) is 18.9 Å². The van der Waals surface area contributed by atoms with Crippen LogP contribution in [0.15, 0.2) is 29.2 Å². The largest absolute Gasteiger partial charge is 0.472 e. The van der Waals surface area contributed by atoms with Gasteiger partial charge in [-0.1, -0.05) is 62.8 Å². The Kier molecular flexibility index (Phi) is 10.6. The molecule has 0 atom stereocenters. The van der Waals surface area contributed by atoms with E-state index in [2.05, 4.69) is 18.7 Å². The van der Waals surface area contributed by atoms with Crippen molar-refractivity contribution in [2.45, 2.75) is 45.7 Å². The van der Waals surface area contributed by atoms with E-state index in [4.69, 9.17) is 12.2 Å². The monoisotopic (exact) mass is 551 g/mol. The van der Waals surface area contributed by atoms with Gasteiger partial charge in [0.15, 0.2) is 0 Å². The number of hydrogen-bond donors (Lipinski definition) is 1. The van der Waals surface area contributed by atoms with Gasteiger partial charge in [-0.3, -0.25) is 14.5 Å². The molecule has 1 aliphatic heterocycles. The summed E-state index contributed by atoms with van der Waals surface area (Å²) < 4.78 is 61.6. The highest BCUT2D eigenvalue weighted by Crippen LogP contribution is 2.32. The van der Waals surface area contributed by atoms with Crippen LogP contribution in [0.3, 0.4) is 0 Å². The minimum atomic E-state index is -5.34. The summed E-state index contributed by atoms with van der Waals surface area (Å²) in [5.41, 5.74) is 1.84. The van der Waals surface area contributed by atoms with E-state index in [1.165, 1.54) is 0 Å². The molecule has 1 fully saturated rings. The summed E-state index contributed by atoms with van der Waals surface area (Å²) >= 11 is 6.12. The minimum absolute atomic E-state index is 0.0838. The molecular formula is C22H28F3N3O4S3. The van der Waals surface area contributed by atoms with Gasteiger partial charge in [-0.05, 0) is 36.6 Å². The molecule has 2 amide bonds. The topological polar surface area (TPSA) is 86.8 Å². The first kappa shape index (κ1) is 29.1. The van der Waals surface area contributed by atoms with Gasteiger partial charge in [-0.15, -0.1) is 0 Å². The van der Waals surface area contributed by atoms with Crippen LogP contribution in [0.25, 0.3) is 6.08 Å². The van der Waals surface area contributed by atoms with Gasteiger partial charge in [0.25, 0.3) is 5.91 Å². The van der Waals surface area contributed by atoms with Crippen molar-refractivity contribution in [2.75, 3.05) is 30.3 Å². The van der Waals surface area contributed by atoms with Crippen LogP contribution in [0, 0.1) is 0 Å². The van der Waals surface area contributed by atoms with Gasteiger partial charge in [0, 0.05) is 25.3 Å². The average Bonchev–Trinajstić information content (AvgIpc) is 3.04. The number of sulfonamides is 1. The van der Waals surface area contributed by atoms with E-state index in [-0.39, 0.29) is 9.23 Å². The van der Waals surface area contributed by atoms with Gasteiger partial charge in [0.2, 0.25) is 10.0 Å². The van der Waals surface area contributed by atoms with Crippen LogP contribution in [-0.4, -0.2) is 61.0 Å². The maximum atomic E-state index is 12.7. The Morgan fingerprint density at radius 1 is 1.14 bits per heavy atom. The second kappa shape index (κ2) is 12.7. The highest BCUT2D eigenvalue weighted by atomic mass is 32.2. The summed E-state index contributed by atoms with van der Waals surface area (Å²) in [4.78, 5) is 27.2. The van der Waals surface area contributed by atoms with E-state index >= 15 is 0 Å². The number of carbonyl (C=O) groups is 2. The molecule has 1 aromatic carbocycles. The molecule has 35 heavy (non-hydrogen) atoms. The number of halogens is 3. The van der Waals surface area contributed by atoms with Crippen molar-refractivity contribution in [3.8, 4) is 0 Å². The van der Waals surface area contributed by atoms with Crippen LogP contribution in [0.1, 0.15) is 45.1 Å². The third-order valence-electron chi connectivity index (χ3n) is 5.08. The van der Waals surface area contributed by atoms with Crippen LogP contribution in [-0.2, 0) is 19.6 Å². The van der Waals surface area contributed by atoms with Crippen LogP contribution >= 0.6 is 24.0 Å². The quantitative estimate of drug-likeness (QED) is 0.306. The van der Waals surface area contributed by atoms with Gasteiger partial charge in [0.1, 0.15) is 4.32 Å². The number of rotatable bonds is 12. The van der Waals surface area contributed by atoms with Crippen molar-refractivity contribution in [1.29, 1.82) is 0 Å². The number of hydrogen-bond acceptors (Lipinski definition) is 7. The molecule has 0 radical (unpaired) electrons. The van der Waals surface area contributed by atoms with E-state index in [1.807, 2.05) is 24.3 Å². The summed E-state index contributed by atoms with van der Waals surface area (Å²) in [6.07, 6.45) is 0.659. The number of alkyl halides is 3. The minimum Gasteiger partial charge on any atom is -0.372 e. The first-order chi connectivity index (χ1) is 16.4. The Bertz CT molecular complexity index is 1050.